The topological polar surface area (TPSA) is 77.4 Å². The van der Waals surface area contributed by atoms with Crippen molar-refractivity contribution in [1.82, 2.24) is 5.01 Å². The molecule has 0 spiro atoms. The maximum atomic E-state index is 5.89. The molecule has 2 aliphatic heterocycles. The Morgan fingerprint density at radius 3 is 1.88 bits per heavy atom. The van der Waals surface area contributed by atoms with E-state index < -0.39 is 5.66 Å². The molecule has 32 heavy (non-hydrogen) atoms. The van der Waals surface area contributed by atoms with Crippen LogP contribution >= 0.6 is 0 Å². The van der Waals surface area contributed by atoms with Gasteiger partial charge >= 0.3 is 0 Å². The fourth-order valence-corrected chi connectivity index (χ4v) is 4.11. The Morgan fingerprint density at radius 2 is 1.38 bits per heavy atom. The maximum Gasteiger partial charge on any atom is 0.127 e. The zero-order chi connectivity index (χ0) is 22.7. The van der Waals surface area contributed by atoms with Gasteiger partial charge in [-0.05, 0) is 61.7 Å². The van der Waals surface area contributed by atoms with E-state index in [0.717, 1.165) is 44.1 Å². The normalized spacial score (nSPS) is 16.9. The third-order valence-electron chi connectivity index (χ3n) is 6.23. The second kappa shape index (κ2) is 9.22. The summed E-state index contributed by atoms with van der Waals surface area (Å²) in [7, 11) is 0. The number of anilines is 3. The van der Waals surface area contributed by atoms with Gasteiger partial charge in [-0.15, -0.1) is 0 Å². The standard InChI is InChI=1S/C25H35N7/c1-4-21-5-7-22(8-6-21)29-15-17-30(18-16-29)23-9-11-24(12-10-23)31-19-28-32(20(31)2)14-13-25(3,26)27/h5-12,19H,2,4,13-18,26-27H2,1,3H3. The summed E-state index contributed by atoms with van der Waals surface area (Å²) in [5.41, 5.74) is 16.1. The Morgan fingerprint density at radius 1 is 0.875 bits per heavy atom. The van der Waals surface area contributed by atoms with Crippen LogP contribution in [0.3, 0.4) is 0 Å². The highest BCUT2D eigenvalue weighted by molar-refractivity contribution is 5.85. The number of hydrogen-bond acceptors (Lipinski definition) is 7. The molecule has 0 aromatic heterocycles. The first-order chi connectivity index (χ1) is 15.3. The van der Waals surface area contributed by atoms with Gasteiger partial charge in [0.25, 0.3) is 0 Å². The maximum absolute atomic E-state index is 5.89. The summed E-state index contributed by atoms with van der Waals surface area (Å²) in [5.74, 6) is 0.810. The van der Waals surface area contributed by atoms with Crippen LogP contribution in [0.2, 0.25) is 0 Å². The van der Waals surface area contributed by atoms with Crippen LogP contribution in [-0.2, 0) is 6.42 Å². The van der Waals surface area contributed by atoms with Gasteiger partial charge in [0.05, 0.1) is 5.66 Å². The number of piperazine rings is 1. The molecule has 1 saturated heterocycles. The SMILES string of the molecule is C=C1N(CCC(C)(N)N)N=CN1c1ccc(N2CCN(c3ccc(CC)cc3)CC2)cc1. The van der Waals surface area contributed by atoms with Gasteiger partial charge in [-0.1, -0.05) is 25.6 Å². The Balaban J connectivity index is 1.32. The van der Waals surface area contributed by atoms with E-state index >= 15 is 0 Å². The van der Waals surface area contributed by atoms with Gasteiger partial charge in [-0.2, -0.15) is 5.10 Å². The molecule has 2 aromatic rings. The minimum absolute atomic E-state index is 0.630. The Kier molecular flexibility index (Phi) is 6.39. The van der Waals surface area contributed by atoms with Gasteiger partial charge in [-0.3, -0.25) is 4.90 Å². The molecule has 0 bridgehead atoms. The smallest absolute Gasteiger partial charge is 0.127 e. The van der Waals surface area contributed by atoms with Crippen LogP contribution < -0.4 is 26.2 Å². The van der Waals surface area contributed by atoms with Crippen molar-refractivity contribution in [3.8, 4) is 0 Å². The van der Waals surface area contributed by atoms with E-state index in [9.17, 15) is 0 Å². The van der Waals surface area contributed by atoms with Crippen molar-refractivity contribution >= 4 is 23.4 Å². The molecular weight excluding hydrogens is 398 g/mol. The van der Waals surface area contributed by atoms with Crippen LogP contribution in [0.1, 0.15) is 25.8 Å². The van der Waals surface area contributed by atoms with E-state index in [4.69, 9.17) is 11.5 Å². The molecule has 7 heteroatoms. The summed E-state index contributed by atoms with van der Waals surface area (Å²) >= 11 is 0. The zero-order valence-electron chi connectivity index (χ0n) is 19.2. The summed E-state index contributed by atoms with van der Waals surface area (Å²) in [5, 5.41) is 6.29. The van der Waals surface area contributed by atoms with E-state index in [1.165, 1.54) is 16.9 Å². The fourth-order valence-electron chi connectivity index (χ4n) is 4.11. The van der Waals surface area contributed by atoms with Crippen molar-refractivity contribution in [2.45, 2.75) is 32.4 Å². The van der Waals surface area contributed by atoms with E-state index in [-0.39, 0.29) is 0 Å². The molecule has 1 fully saturated rings. The van der Waals surface area contributed by atoms with Gasteiger partial charge < -0.3 is 21.3 Å². The van der Waals surface area contributed by atoms with Gasteiger partial charge in [0.2, 0.25) is 0 Å². The van der Waals surface area contributed by atoms with E-state index in [0.29, 0.717) is 13.0 Å². The van der Waals surface area contributed by atoms with Crippen LogP contribution in [-0.4, -0.2) is 49.7 Å². The van der Waals surface area contributed by atoms with Crippen molar-refractivity contribution < 1.29 is 0 Å². The predicted octanol–water partition coefficient (Wildman–Crippen LogP) is 3.14. The van der Waals surface area contributed by atoms with E-state index in [2.05, 4.69) is 76.9 Å². The average molecular weight is 434 g/mol. The fraction of sp³-hybridized carbons (Fsp3) is 0.400. The second-order valence-corrected chi connectivity index (χ2v) is 8.91. The molecule has 7 nitrogen and oxygen atoms in total. The minimum atomic E-state index is -0.714. The first-order valence-electron chi connectivity index (χ1n) is 11.4. The molecule has 4 rings (SSSR count). The number of rotatable bonds is 7. The summed E-state index contributed by atoms with van der Waals surface area (Å²) in [6.07, 6.45) is 3.51. The summed E-state index contributed by atoms with van der Waals surface area (Å²) < 4.78 is 0. The van der Waals surface area contributed by atoms with Gasteiger partial charge in [0, 0.05) is 49.8 Å². The average Bonchev–Trinajstić information content (AvgIpc) is 3.18. The summed E-state index contributed by atoms with van der Waals surface area (Å²) in [6.45, 7) is 12.9. The highest BCUT2D eigenvalue weighted by Crippen LogP contribution is 2.27. The predicted molar refractivity (Wildman–Crippen MR) is 135 cm³/mol. The number of benzene rings is 2. The molecular formula is C25H35N7. The van der Waals surface area contributed by atoms with Gasteiger partial charge in [0.15, 0.2) is 0 Å². The molecule has 2 aromatic carbocycles. The molecule has 170 valence electrons. The molecule has 0 radical (unpaired) electrons. The number of hydrogen-bond donors (Lipinski definition) is 2. The quantitative estimate of drug-likeness (QED) is 0.654. The van der Waals surface area contributed by atoms with E-state index in [1.54, 1.807) is 6.34 Å². The second-order valence-electron chi connectivity index (χ2n) is 8.91. The van der Waals surface area contributed by atoms with Crippen molar-refractivity contribution in [3.63, 3.8) is 0 Å². The number of hydrazone groups is 1. The molecule has 4 N–H and O–H groups in total. The largest absolute Gasteiger partial charge is 0.368 e. The molecule has 2 aliphatic rings. The first kappa shape index (κ1) is 22.2. The highest BCUT2D eigenvalue weighted by Gasteiger charge is 2.23. The number of nitrogens with two attached hydrogens (primary N) is 2. The Bertz CT molecular complexity index is 936. The molecule has 0 saturated carbocycles. The lowest BCUT2D eigenvalue weighted by molar-refractivity contribution is 0.319. The van der Waals surface area contributed by atoms with Gasteiger partial charge in [-0.25, -0.2) is 5.01 Å². The van der Waals surface area contributed by atoms with Crippen LogP contribution in [0.15, 0.2) is 66.0 Å². The summed E-state index contributed by atoms with van der Waals surface area (Å²) in [4.78, 5) is 6.91. The monoisotopic (exact) mass is 433 g/mol. The lowest BCUT2D eigenvalue weighted by Crippen LogP contribution is -2.47. The van der Waals surface area contributed by atoms with E-state index in [1.807, 2.05) is 16.8 Å². The highest BCUT2D eigenvalue weighted by atomic mass is 15.6. The van der Waals surface area contributed by atoms with Crippen LogP contribution in [0.4, 0.5) is 17.1 Å². The van der Waals surface area contributed by atoms with Crippen LogP contribution in [0, 0.1) is 0 Å². The molecule has 0 aliphatic carbocycles. The Labute approximate surface area is 191 Å². The van der Waals surface area contributed by atoms with Crippen LogP contribution in [0.25, 0.3) is 0 Å². The molecule has 2 heterocycles. The van der Waals surface area contributed by atoms with Crippen LogP contribution in [0.5, 0.6) is 0 Å². The van der Waals surface area contributed by atoms with Crippen molar-refractivity contribution in [3.05, 3.63) is 66.5 Å². The lowest BCUT2D eigenvalue weighted by atomic mass is 10.1. The van der Waals surface area contributed by atoms with Gasteiger partial charge in [0.1, 0.15) is 12.2 Å². The number of aryl methyl sites for hydroxylation is 1. The Hall–Kier alpha value is -3.03. The summed E-state index contributed by atoms with van der Waals surface area (Å²) in [6, 6.07) is 17.6. The minimum Gasteiger partial charge on any atom is -0.368 e. The van der Waals surface area contributed by atoms with Crippen molar-refractivity contribution in [2.75, 3.05) is 47.4 Å². The number of nitrogens with zero attached hydrogens (tertiary/aromatic N) is 5. The zero-order valence-corrected chi connectivity index (χ0v) is 19.2. The third kappa shape index (κ3) is 5.06. The first-order valence-corrected chi connectivity index (χ1v) is 11.4. The lowest BCUT2D eigenvalue weighted by Gasteiger charge is -2.37. The van der Waals surface area contributed by atoms with Crippen molar-refractivity contribution in [2.24, 2.45) is 16.6 Å². The van der Waals surface area contributed by atoms with Crippen molar-refractivity contribution in [1.29, 1.82) is 0 Å². The third-order valence-corrected chi connectivity index (χ3v) is 6.23. The molecule has 0 atom stereocenters. The molecule has 0 unspecified atom stereocenters. The molecule has 0 amide bonds.